The summed E-state index contributed by atoms with van der Waals surface area (Å²) in [5.74, 6) is 0. The summed E-state index contributed by atoms with van der Waals surface area (Å²) in [6, 6.07) is 8.79. The van der Waals surface area contributed by atoms with Crippen LogP contribution in [-0.2, 0) is 9.84 Å². The summed E-state index contributed by atoms with van der Waals surface area (Å²) in [5, 5.41) is 8.97. The number of hydrogen-bond acceptors (Lipinski definition) is 3. The summed E-state index contributed by atoms with van der Waals surface area (Å²) < 4.78 is 22.4. The van der Waals surface area contributed by atoms with E-state index < -0.39 is 21.2 Å². The predicted molar refractivity (Wildman–Crippen MR) is 55.7 cm³/mol. The van der Waals surface area contributed by atoms with Crippen molar-refractivity contribution < 1.29 is 13.5 Å². The van der Waals surface area contributed by atoms with Crippen molar-refractivity contribution in [3.05, 3.63) is 35.9 Å². The van der Waals surface area contributed by atoms with E-state index in [1.165, 1.54) is 6.92 Å². The summed E-state index contributed by atoms with van der Waals surface area (Å²) in [4.78, 5) is 0. The highest BCUT2D eigenvalue weighted by Crippen LogP contribution is 2.20. The molecule has 1 N–H and O–H groups in total. The van der Waals surface area contributed by atoms with Crippen molar-refractivity contribution in [2.24, 2.45) is 0 Å². The Kier molecular flexibility index (Phi) is 3.29. The van der Waals surface area contributed by atoms with Crippen molar-refractivity contribution in [1.29, 1.82) is 0 Å². The second-order valence-electron chi connectivity index (χ2n) is 3.39. The van der Waals surface area contributed by atoms with E-state index in [-0.39, 0.29) is 0 Å². The zero-order valence-corrected chi connectivity index (χ0v) is 9.03. The van der Waals surface area contributed by atoms with Gasteiger partial charge in [-0.3, -0.25) is 0 Å². The molecule has 0 bridgehead atoms. The van der Waals surface area contributed by atoms with E-state index in [2.05, 4.69) is 0 Å². The van der Waals surface area contributed by atoms with Gasteiger partial charge in [0.05, 0.1) is 11.4 Å². The first-order valence-corrected chi connectivity index (χ1v) is 6.30. The molecule has 78 valence electrons. The summed E-state index contributed by atoms with van der Waals surface area (Å²) >= 11 is 0. The second kappa shape index (κ2) is 4.11. The maximum absolute atomic E-state index is 11.2. The number of benzene rings is 1. The van der Waals surface area contributed by atoms with Crippen molar-refractivity contribution in [1.82, 2.24) is 0 Å². The second-order valence-corrected chi connectivity index (χ2v) is 5.79. The highest BCUT2D eigenvalue weighted by molar-refractivity contribution is 7.91. The van der Waals surface area contributed by atoms with E-state index in [0.717, 1.165) is 6.26 Å². The molecule has 0 amide bonds. The van der Waals surface area contributed by atoms with Crippen LogP contribution in [0.4, 0.5) is 0 Å². The molecule has 0 spiro atoms. The van der Waals surface area contributed by atoms with E-state index in [1.807, 2.05) is 6.07 Å². The molecule has 2 atom stereocenters. The van der Waals surface area contributed by atoms with Gasteiger partial charge in [0.15, 0.2) is 9.84 Å². The van der Waals surface area contributed by atoms with Gasteiger partial charge in [-0.15, -0.1) is 0 Å². The van der Waals surface area contributed by atoms with E-state index in [9.17, 15) is 13.5 Å². The molecule has 0 heterocycles. The zero-order chi connectivity index (χ0) is 10.8. The summed E-state index contributed by atoms with van der Waals surface area (Å²) in [6.07, 6.45) is 0.176. The van der Waals surface area contributed by atoms with Crippen LogP contribution in [0.1, 0.15) is 18.6 Å². The lowest BCUT2D eigenvalue weighted by atomic mass is 10.1. The average Bonchev–Trinajstić information content (AvgIpc) is 2.15. The molecule has 0 saturated carbocycles. The average molecular weight is 214 g/mol. The fraction of sp³-hybridized carbons (Fsp3) is 0.400. The van der Waals surface area contributed by atoms with Gasteiger partial charge in [0.25, 0.3) is 0 Å². The summed E-state index contributed by atoms with van der Waals surface area (Å²) in [6.45, 7) is 1.51. The fourth-order valence-electron chi connectivity index (χ4n) is 1.16. The predicted octanol–water partition coefficient (Wildman–Crippen LogP) is 1.15. The third-order valence-electron chi connectivity index (χ3n) is 2.26. The number of aliphatic hydroxyl groups is 1. The standard InChI is InChI=1S/C10H14O3S/c1-8(14(2,12)13)10(11)9-6-4-3-5-7-9/h3-8,10-11H,1-2H3/t8-,10+/m0/s1. The Balaban J connectivity index is 2.92. The van der Waals surface area contributed by atoms with Crippen LogP contribution in [0.2, 0.25) is 0 Å². The maximum Gasteiger partial charge on any atom is 0.152 e. The molecule has 0 fully saturated rings. The Labute approximate surface area is 84.3 Å². The van der Waals surface area contributed by atoms with Crippen LogP contribution in [0.15, 0.2) is 30.3 Å². The number of sulfone groups is 1. The zero-order valence-electron chi connectivity index (χ0n) is 8.21. The quantitative estimate of drug-likeness (QED) is 0.821. The molecule has 4 heteroatoms. The first-order valence-electron chi connectivity index (χ1n) is 4.35. The lowest BCUT2D eigenvalue weighted by Gasteiger charge is -2.17. The molecule has 3 nitrogen and oxygen atoms in total. The lowest BCUT2D eigenvalue weighted by Crippen LogP contribution is -2.24. The normalized spacial score (nSPS) is 16.2. The van der Waals surface area contributed by atoms with E-state index >= 15 is 0 Å². The molecule has 1 aromatic rings. The molecule has 14 heavy (non-hydrogen) atoms. The minimum Gasteiger partial charge on any atom is -0.387 e. The summed E-state index contributed by atoms with van der Waals surface area (Å²) in [5.41, 5.74) is 0.630. The Morgan fingerprint density at radius 1 is 1.21 bits per heavy atom. The highest BCUT2D eigenvalue weighted by Gasteiger charge is 2.24. The molecular weight excluding hydrogens is 200 g/mol. The largest absolute Gasteiger partial charge is 0.387 e. The molecule has 1 rings (SSSR count). The van der Waals surface area contributed by atoms with Gasteiger partial charge in [-0.05, 0) is 12.5 Å². The van der Waals surface area contributed by atoms with Gasteiger partial charge < -0.3 is 5.11 Å². The van der Waals surface area contributed by atoms with Gasteiger partial charge in [0.2, 0.25) is 0 Å². The van der Waals surface area contributed by atoms with E-state index in [1.54, 1.807) is 24.3 Å². The first-order chi connectivity index (χ1) is 6.43. The highest BCUT2D eigenvalue weighted by atomic mass is 32.2. The Morgan fingerprint density at radius 2 is 1.71 bits per heavy atom. The van der Waals surface area contributed by atoms with E-state index in [0.29, 0.717) is 5.56 Å². The van der Waals surface area contributed by atoms with Gasteiger partial charge in [-0.1, -0.05) is 30.3 Å². The Morgan fingerprint density at radius 3 is 2.14 bits per heavy atom. The van der Waals surface area contributed by atoms with Gasteiger partial charge >= 0.3 is 0 Å². The van der Waals surface area contributed by atoms with Crippen molar-refractivity contribution in [3.8, 4) is 0 Å². The molecule has 0 saturated heterocycles. The van der Waals surface area contributed by atoms with Crippen LogP contribution in [0, 0.1) is 0 Å². The third-order valence-corrected chi connectivity index (χ3v) is 3.87. The molecule has 0 unspecified atom stereocenters. The fourth-order valence-corrected chi connectivity index (χ4v) is 1.78. The van der Waals surface area contributed by atoms with Crippen molar-refractivity contribution >= 4 is 9.84 Å². The van der Waals surface area contributed by atoms with Crippen molar-refractivity contribution in [3.63, 3.8) is 0 Å². The third kappa shape index (κ3) is 2.56. The topological polar surface area (TPSA) is 54.4 Å². The number of aliphatic hydroxyl groups excluding tert-OH is 1. The maximum atomic E-state index is 11.2. The van der Waals surface area contributed by atoms with Gasteiger partial charge in [0.1, 0.15) is 0 Å². The van der Waals surface area contributed by atoms with Gasteiger partial charge in [-0.25, -0.2) is 8.42 Å². The molecular formula is C10H14O3S. The first kappa shape index (κ1) is 11.2. The van der Waals surface area contributed by atoms with Crippen molar-refractivity contribution in [2.45, 2.75) is 18.3 Å². The Hall–Kier alpha value is -0.870. The van der Waals surface area contributed by atoms with E-state index in [4.69, 9.17) is 0 Å². The van der Waals surface area contributed by atoms with Crippen LogP contribution in [-0.4, -0.2) is 25.0 Å². The van der Waals surface area contributed by atoms with Gasteiger partial charge in [-0.2, -0.15) is 0 Å². The van der Waals surface area contributed by atoms with Crippen LogP contribution >= 0.6 is 0 Å². The molecule has 0 aliphatic heterocycles. The number of hydrogen-bond donors (Lipinski definition) is 1. The van der Waals surface area contributed by atoms with Crippen LogP contribution < -0.4 is 0 Å². The van der Waals surface area contributed by atoms with Crippen LogP contribution in [0.5, 0.6) is 0 Å². The number of rotatable bonds is 3. The minimum absolute atomic E-state index is 0.630. The molecule has 0 aliphatic carbocycles. The smallest absolute Gasteiger partial charge is 0.152 e. The monoisotopic (exact) mass is 214 g/mol. The lowest BCUT2D eigenvalue weighted by molar-refractivity contribution is 0.176. The molecule has 0 aliphatic rings. The Bertz CT molecular complexity index is 383. The van der Waals surface area contributed by atoms with Crippen molar-refractivity contribution in [2.75, 3.05) is 6.26 Å². The molecule has 0 aromatic heterocycles. The SMILES string of the molecule is C[C@@H]([C@@H](O)c1ccccc1)S(C)(=O)=O. The molecule has 1 aromatic carbocycles. The van der Waals surface area contributed by atoms with Crippen LogP contribution in [0.3, 0.4) is 0 Å². The summed E-state index contributed by atoms with van der Waals surface area (Å²) in [7, 11) is -3.20. The van der Waals surface area contributed by atoms with Crippen LogP contribution in [0.25, 0.3) is 0 Å². The van der Waals surface area contributed by atoms with Gasteiger partial charge in [0, 0.05) is 6.26 Å². The minimum atomic E-state index is -3.20. The molecule has 0 radical (unpaired) electrons.